The number of aliphatic imine (C=N–C) groups is 1. The van der Waals surface area contributed by atoms with E-state index in [1.54, 1.807) is 0 Å². The number of nitrogens with one attached hydrogen (secondary N) is 2. The van der Waals surface area contributed by atoms with Crippen LogP contribution in [0.4, 0.5) is 0 Å². The van der Waals surface area contributed by atoms with Crippen LogP contribution in [0.25, 0.3) is 0 Å². The number of nitrogens with zero attached hydrogens (tertiary/aromatic N) is 4. The second-order valence-corrected chi connectivity index (χ2v) is 5.63. The first kappa shape index (κ1) is 12.4. The van der Waals surface area contributed by atoms with E-state index in [0.29, 0.717) is 12.6 Å². The van der Waals surface area contributed by atoms with E-state index in [4.69, 9.17) is 0 Å². The second kappa shape index (κ2) is 5.19. The van der Waals surface area contributed by atoms with E-state index in [2.05, 4.69) is 25.8 Å². The van der Waals surface area contributed by atoms with Crippen LogP contribution in [0.2, 0.25) is 0 Å². The zero-order valence-electron chi connectivity index (χ0n) is 11.7. The van der Waals surface area contributed by atoms with Crippen LogP contribution in [0.1, 0.15) is 37.3 Å². The second-order valence-electron chi connectivity index (χ2n) is 5.63. The molecule has 0 aromatic carbocycles. The van der Waals surface area contributed by atoms with E-state index in [9.17, 15) is 0 Å². The summed E-state index contributed by atoms with van der Waals surface area (Å²) in [6.07, 6.45) is 5.22. The Bertz CT molecular complexity index is 469. The molecule has 2 aliphatic rings. The van der Waals surface area contributed by atoms with Gasteiger partial charge in [-0.3, -0.25) is 0 Å². The molecule has 3 rings (SSSR count). The molecule has 6 heteroatoms. The number of rotatable bonds is 5. The van der Waals surface area contributed by atoms with Gasteiger partial charge in [-0.2, -0.15) is 0 Å². The van der Waals surface area contributed by atoms with Gasteiger partial charge in [0.2, 0.25) is 0 Å². The van der Waals surface area contributed by atoms with Gasteiger partial charge < -0.3 is 15.2 Å². The van der Waals surface area contributed by atoms with Crippen molar-refractivity contribution in [3.8, 4) is 0 Å². The van der Waals surface area contributed by atoms with Gasteiger partial charge in [0, 0.05) is 19.6 Å². The Kier molecular flexibility index (Phi) is 3.40. The lowest BCUT2D eigenvalue weighted by atomic mass is 10.4. The highest BCUT2D eigenvalue weighted by Gasteiger charge is 2.24. The third-order valence-corrected chi connectivity index (χ3v) is 3.73. The molecule has 2 fully saturated rings. The molecule has 0 unspecified atom stereocenters. The van der Waals surface area contributed by atoms with Crippen molar-refractivity contribution in [2.45, 2.75) is 45.2 Å². The molecule has 0 radical (unpaired) electrons. The summed E-state index contributed by atoms with van der Waals surface area (Å²) in [5.74, 6) is 3.60. The van der Waals surface area contributed by atoms with Crippen LogP contribution in [0, 0.1) is 12.8 Å². The number of hydrogen-bond donors (Lipinski definition) is 2. The van der Waals surface area contributed by atoms with Gasteiger partial charge in [0.05, 0.1) is 0 Å². The quantitative estimate of drug-likeness (QED) is 0.606. The molecule has 2 aliphatic carbocycles. The number of aromatic nitrogens is 3. The lowest BCUT2D eigenvalue weighted by Crippen LogP contribution is -2.39. The SMILES string of the molecule is Cc1nnc(CN=C(NCC2CC2)NC2CC2)n1C. The maximum Gasteiger partial charge on any atom is 0.191 e. The molecule has 2 N–H and O–H groups in total. The van der Waals surface area contributed by atoms with Gasteiger partial charge in [-0.1, -0.05) is 0 Å². The van der Waals surface area contributed by atoms with Gasteiger partial charge in [-0.05, 0) is 38.5 Å². The summed E-state index contributed by atoms with van der Waals surface area (Å²) in [4.78, 5) is 4.62. The summed E-state index contributed by atoms with van der Waals surface area (Å²) >= 11 is 0. The first-order valence-electron chi connectivity index (χ1n) is 7.12. The Morgan fingerprint density at radius 1 is 1.32 bits per heavy atom. The molecule has 19 heavy (non-hydrogen) atoms. The van der Waals surface area contributed by atoms with Crippen molar-refractivity contribution in [3.63, 3.8) is 0 Å². The normalized spacial score (nSPS) is 19.6. The van der Waals surface area contributed by atoms with E-state index >= 15 is 0 Å². The van der Waals surface area contributed by atoms with Gasteiger partial charge in [-0.25, -0.2) is 4.99 Å². The topological polar surface area (TPSA) is 67.1 Å². The van der Waals surface area contributed by atoms with Crippen molar-refractivity contribution in [1.29, 1.82) is 0 Å². The fraction of sp³-hybridized carbons (Fsp3) is 0.769. The van der Waals surface area contributed by atoms with Crippen LogP contribution < -0.4 is 10.6 Å². The van der Waals surface area contributed by atoms with Gasteiger partial charge in [0.15, 0.2) is 11.8 Å². The molecule has 1 aromatic rings. The Morgan fingerprint density at radius 3 is 2.68 bits per heavy atom. The zero-order valence-corrected chi connectivity index (χ0v) is 11.7. The fourth-order valence-corrected chi connectivity index (χ4v) is 1.88. The lowest BCUT2D eigenvalue weighted by molar-refractivity contribution is 0.719. The van der Waals surface area contributed by atoms with Crippen LogP contribution in [0.3, 0.4) is 0 Å². The highest BCUT2D eigenvalue weighted by molar-refractivity contribution is 5.80. The molecule has 1 heterocycles. The Labute approximate surface area is 113 Å². The molecule has 0 aliphatic heterocycles. The van der Waals surface area contributed by atoms with Crippen LogP contribution >= 0.6 is 0 Å². The average Bonchev–Trinajstić information content (AvgIpc) is 3.29. The van der Waals surface area contributed by atoms with E-state index in [1.807, 2.05) is 18.5 Å². The fourth-order valence-electron chi connectivity index (χ4n) is 1.88. The van der Waals surface area contributed by atoms with Gasteiger partial charge in [-0.15, -0.1) is 10.2 Å². The average molecular weight is 262 g/mol. The maximum atomic E-state index is 4.62. The third-order valence-electron chi connectivity index (χ3n) is 3.73. The van der Waals surface area contributed by atoms with E-state index in [1.165, 1.54) is 25.7 Å². The van der Waals surface area contributed by atoms with Gasteiger partial charge >= 0.3 is 0 Å². The summed E-state index contributed by atoms with van der Waals surface area (Å²) in [5, 5.41) is 15.1. The molecule has 1 aromatic heterocycles. The molecule has 0 spiro atoms. The summed E-state index contributed by atoms with van der Waals surface area (Å²) in [6, 6.07) is 0.617. The first-order valence-corrected chi connectivity index (χ1v) is 7.12. The summed E-state index contributed by atoms with van der Waals surface area (Å²) < 4.78 is 1.99. The Morgan fingerprint density at radius 2 is 2.11 bits per heavy atom. The van der Waals surface area contributed by atoms with Gasteiger partial charge in [0.1, 0.15) is 12.4 Å². The van der Waals surface area contributed by atoms with Crippen molar-refractivity contribution in [3.05, 3.63) is 11.6 Å². The largest absolute Gasteiger partial charge is 0.356 e. The third kappa shape index (κ3) is 3.45. The van der Waals surface area contributed by atoms with Crippen LogP contribution in [-0.2, 0) is 13.6 Å². The Balaban J connectivity index is 1.59. The van der Waals surface area contributed by atoms with Crippen molar-refractivity contribution in [1.82, 2.24) is 25.4 Å². The highest BCUT2D eigenvalue weighted by atomic mass is 15.3. The van der Waals surface area contributed by atoms with Crippen LogP contribution in [0.15, 0.2) is 4.99 Å². The molecule has 6 nitrogen and oxygen atoms in total. The number of guanidine groups is 1. The smallest absolute Gasteiger partial charge is 0.191 e. The minimum Gasteiger partial charge on any atom is -0.356 e. The maximum absolute atomic E-state index is 4.62. The predicted octanol–water partition coefficient (Wildman–Crippen LogP) is 0.731. The standard InChI is InChI=1S/C13H22N6/c1-9-17-18-12(19(9)2)8-15-13(16-11-5-6-11)14-7-10-3-4-10/h10-11H,3-8H2,1-2H3,(H2,14,15,16). The lowest BCUT2D eigenvalue weighted by Gasteiger charge is -2.11. The molecule has 2 saturated carbocycles. The van der Waals surface area contributed by atoms with Crippen molar-refractivity contribution >= 4 is 5.96 Å². The minimum absolute atomic E-state index is 0.573. The molecular weight excluding hydrogens is 240 g/mol. The van der Waals surface area contributed by atoms with E-state index in [0.717, 1.165) is 30.1 Å². The van der Waals surface area contributed by atoms with Gasteiger partial charge in [0.25, 0.3) is 0 Å². The summed E-state index contributed by atoms with van der Waals surface area (Å²) in [5.41, 5.74) is 0. The zero-order chi connectivity index (χ0) is 13.2. The van der Waals surface area contributed by atoms with E-state index in [-0.39, 0.29) is 0 Å². The summed E-state index contributed by atoms with van der Waals surface area (Å²) in [6.45, 7) is 3.56. The number of aryl methyl sites for hydroxylation is 1. The monoisotopic (exact) mass is 262 g/mol. The summed E-state index contributed by atoms with van der Waals surface area (Å²) in [7, 11) is 1.98. The predicted molar refractivity (Wildman–Crippen MR) is 73.8 cm³/mol. The van der Waals surface area contributed by atoms with Crippen molar-refractivity contribution < 1.29 is 0 Å². The Hall–Kier alpha value is -1.59. The van der Waals surface area contributed by atoms with E-state index < -0.39 is 0 Å². The van der Waals surface area contributed by atoms with Crippen molar-refractivity contribution in [2.24, 2.45) is 18.0 Å². The van der Waals surface area contributed by atoms with Crippen LogP contribution in [-0.4, -0.2) is 33.3 Å². The number of hydrogen-bond acceptors (Lipinski definition) is 3. The molecule has 0 amide bonds. The first-order chi connectivity index (χ1) is 9.22. The molecule has 0 bridgehead atoms. The molecule has 0 atom stereocenters. The van der Waals surface area contributed by atoms with Crippen LogP contribution in [0.5, 0.6) is 0 Å². The molecular formula is C13H22N6. The molecule has 0 saturated heterocycles. The van der Waals surface area contributed by atoms with Crippen molar-refractivity contribution in [2.75, 3.05) is 6.54 Å². The minimum atomic E-state index is 0.573. The highest BCUT2D eigenvalue weighted by Crippen LogP contribution is 2.27. The molecule has 104 valence electrons.